The Kier molecular flexibility index (Phi) is 4.04. The van der Waals surface area contributed by atoms with E-state index in [-0.39, 0.29) is 0 Å². The number of benzene rings is 1. The molecule has 0 unspecified atom stereocenters. The molecule has 104 valence electrons. The van der Waals surface area contributed by atoms with Crippen LogP contribution in [-0.4, -0.2) is 38.2 Å². The first-order valence-electron chi connectivity index (χ1n) is 7.47. The largest absolute Gasteiger partial charge is 0.497 e. The zero-order valence-electron chi connectivity index (χ0n) is 11.8. The molecule has 1 N–H and O–H groups in total. The van der Waals surface area contributed by atoms with Crippen molar-refractivity contribution in [1.82, 2.24) is 10.2 Å². The van der Waals surface area contributed by atoms with Gasteiger partial charge in [-0.25, -0.2) is 0 Å². The van der Waals surface area contributed by atoms with Crippen LogP contribution in [0.25, 0.3) is 0 Å². The molecule has 0 bridgehead atoms. The zero-order chi connectivity index (χ0) is 13.1. The van der Waals surface area contributed by atoms with E-state index in [4.69, 9.17) is 4.74 Å². The Morgan fingerprint density at radius 2 is 1.84 bits per heavy atom. The van der Waals surface area contributed by atoms with Gasteiger partial charge in [0.2, 0.25) is 0 Å². The van der Waals surface area contributed by atoms with Gasteiger partial charge in [0.05, 0.1) is 7.11 Å². The predicted octanol–water partition coefficient (Wildman–Crippen LogP) is 2.44. The van der Waals surface area contributed by atoms with Crippen LogP contribution < -0.4 is 10.1 Å². The van der Waals surface area contributed by atoms with Crippen molar-refractivity contribution in [2.45, 2.75) is 25.3 Å². The van der Waals surface area contributed by atoms with E-state index in [1.165, 1.54) is 37.9 Å². The molecular weight excluding hydrogens is 236 g/mol. The van der Waals surface area contributed by atoms with E-state index >= 15 is 0 Å². The molecule has 1 aromatic carbocycles. The quantitative estimate of drug-likeness (QED) is 0.900. The molecule has 1 aliphatic carbocycles. The smallest absolute Gasteiger partial charge is 0.118 e. The average Bonchev–Trinajstić information content (AvgIpc) is 2.44. The second kappa shape index (κ2) is 5.93. The summed E-state index contributed by atoms with van der Waals surface area (Å²) in [6.07, 6.45) is 4.19. The van der Waals surface area contributed by atoms with Gasteiger partial charge in [-0.2, -0.15) is 0 Å². The molecule has 2 fully saturated rings. The van der Waals surface area contributed by atoms with Gasteiger partial charge in [-0.3, -0.25) is 4.90 Å². The molecule has 19 heavy (non-hydrogen) atoms. The lowest BCUT2D eigenvalue weighted by molar-refractivity contribution is 0.0837. The first kappa shape index (κ1) is 12.9. The Bertz CT molecular complexity index is 394. The summed E-state index contributed by atoms with van der Waals surface area (Å²) in [4.78, 5) is 2.67. The highest BCUT2D eigenvalue weighted by Gasteiger charge is 2.33. The topological polar surface area (TPSA) is 24.5 Å². The third kappa shape index (κ3) is 2.77. The fraction of sp³-hybridized carbons (Fsp3) is 0.625. The highest BCUT2D eigenvalue weighted by atomic mass is 16.5. The number of piperazine rings is 1. The van der Waals surface area contributed by atoms with Crippen LogP contribution in [0.4, 0.5) is 0 Å². The maximum Gasteiger partial charge on any atom is 0.118 e. The number of hydrogen-bond donors (Lipinski definition) is 1. The zero-order valence-corrected chi connectivity index (χ0v) is 11.8. The number of ether oxygens (including phenoxy) is 1. The third-order valence-electron chi connectivity index (χ3n) is 4.60. The molecule has 0 amide bonds. The van der Waals surface area contributed by atoms with Gasteiger partial charge in [-0.1, -0.05) is 18.6 Å². The summed E-state index contributed by atoms with van der Waals surface area (Å²) in [5.41, 5.74) is 1.47. The van der Waals surface area contributed by atoms with Crippen LogP contribution in [0.5, 0.6) is 5.75 Å². The summed E-state index contributed by atoms with van der Waals surface area (Å²) in [7, 11) is 1.73. The van der Waals surface area contributed by atoms with E-state index < -0.39 is 0 Å². The lowest BCUT2D eigenvalue weighted by atomic mass is 9.76. The van der Waals surface area contributed by atoms with Gasteiger partial charge in [0.15, 0.2) is 0 Å². The van der Waals surface area contributed by atoms with E-state index in [0.29, 0.717) is 6.04 Å². The first-order valence-corrected chi connectivity index (χ1v) is 7.47. The molecule has 1 atom stereocenters. The molecule has 3 nitrogen and oxygen atoms in total. The molecule has 0 aromatic heterocycles. The molecule has 3 rings (SSSR count). The minimum atomic E-state index is 0.613. The average molecular weight is 260 g/mol. The minimum absolute atomic E-state index is 0.613. The fourth-order valence-electron chi connectivity index (χ4n) is 3.30. The molecule has 1 saturated carbocycles. The van der Waals surface area contributed by atoms with E-state index in [1.807, 2.05) is 0 Å². The molecule has 1 aliphatic heterocycles. The van der Waals surface area contributed by atoms with E-state index in [2.05, 4.69) is 34.5 Å². The Balaban J connectivity index is 1.80. The van der Waals surface area contributed by atoms with Crippen molar-refractivity contribution in [3.63, 3.8) is 0 Å². The normalized spacial score (nSPS) is 22.8. The van der Waals surface area contributed by atoms with Gasteiger partial charge < -0.3 is 10.1 Å². The fourth-order valence-corrected chi connectivity index (χ4v) is 3.30. The third-order valence-corrected chi connectivity index (χ3v) is 4.60. The van der Waals surface area contributed by atoms with Crippen molar-refractivity contribution in [2.24, 2.45) is 5.92 Å². The lowest BCUT2D eigenvalue weighted by Gasteiger charge is -2.43. The molecule has 2 aliphatic rings. The first-order chi connectivity index (χ1) is 9.38. The number of hydrogen-bond acceptors (Lipinski definition) is 3. The molecular formula is C16H24N2O. The van der Waals surface area contributed by atoms with Gasteiger partial charge in [0.1, 0.15) is 5.75 Å². The number of nitrogens with zero attached hydrogens (tertiary/aromatic N) is 1. The van der Waals surface area contributed by atoms with Crippen molar-refractivity contribution < 1.29 is 4.74 Å². The van der Waals surface area contributed by atoms with Gasteiger partial charge >= 0.3 is 0 Å². The summed E-state index contributed by atoms with van der Waals surface area (Å²) >= 11 is 0. The molecule has 1 heterocycles. The number of methoxy groups -OCH3 is 1. The Hall–Kier alpha value is -1.06. The van der Waals surface area contributed by atoms with Crippen molar-refractivity contribution in [3.8, 4) is 5.75 Å². The summed E-state index contributed by atoms with van der Waals surface area (Å²) in [6.45, 7) is 4.60. The Morgan fingerprint density at radius 1 is 1.16 bits per heavy atom. The van der Waals surface area contributed by atoms with Gasteiger partial charge in [-0.05, 0) is 36.5 Å². The monoisotopic (exact) mass is 260 g/mol. The summed E-state index contributed by atoms with van der Waals surface area (Å²) in [5, 5.41) is 3.45. The molecule has 0 spiro atoms. The van der Waals surface area contributed by atoms with E-state index in [0.717, 1.165) is 24.8 Å². The Morgan fingerprint density at radius 3 is 2.37 bits per heavy atom. The van der Waals surface area contributed by atoms with Crippen LogP contribution in [0.3, 0.4) is 0 Å². The summed E-state index contributed by atoms with van der Waals surface area (Å²) < 4.78 is 5.27. The lowest BCUT2D eigenvalue weighted by Crippen LogP contribution is -2.47. The number of nitrogens with one attached hydrogen (secondary N) is 1. The summed E-state index contributed by atoms with van der Waals surface area (Å²) in [5.74, 6) is 1.81. The molecule has 0 radical (unpaired) electrons. The van der Waals surface area contributed by atoms with Crippen molar-refractivity contribution >= 4 is 0 Å². The maximum absolute atomic E-state index is 5.27. The molecule has 1 aromatic rings. The van der Waals surface area contributed by atoms with Crippen LogP contribution in [-0.2, 0) is 0 Å². The Labute approximate surface area is 115 Å². The van der Waals surface area contributed by atoms with Gasteiger partial charge in [-0.15, -0.1) is 0 Å². The SMILES string of the molecule is COc1ccc([C@@H](C2CCC2)N2CCNCC2)cc1. The van der Waals surface area contributed by atoms with Crippen molar-refractivity contribution in [1.29, 1.82) is 0 Å². The standard InChI is InChI=1S/C16H24N2O/c1-19-15-7-5-14(6-8-15)16(13-3-2-4-13)18-11-9-17-10-12-18/h5-8,13,16-17H,2-4,9-12H2,1H3/t16-/m1/s1. The van der Waals surface area contributed by atoms with Crippen molar-refractivity contribution in [2.75, 3.05) is 33.3 Å². The van der Waals surface area contributed by atoms with Crippen molar-refractivity contribution in [3.05, 3.63) is 29.8 Å². The summed E-state index contributed by atoms with van der Waals surface area (Å²) in [6, 6.07) is 9.32. The predicted molar refractivity (Wildman–Crippen MR) is 77.5 cm³/mol. The van der Waals surface area contributed by atoms with Crippen LogP contribution >= 0.6 is 0 Å². The van der Waals surface area contributed by atoms with Gasteiger partial charge in [0.25, 0.3) is 0 Å². The second-order valence-corrected chi connectivity index (χ2v) is 5.69. The van der Waals surface area contributed by atoms with Crippen LogP contribution in [0.2, 0.25) is 0 Å². The highest BCUT2D eigenvalue weighted by Crippen LogP contribution is 2.41. The molecule has 1 saturated heterocycles. The molecule has 3 heteroatoms. The maximum atomic E-state index is 5.27. The highest BCUT2D eigenvalue weighted by molar-refractivity contribution is 5.30. The van der Waals surface area contributed by atoms with E-state index in [1.54, 1.807) is 7.11 Å². The van der Waals surface area contributed by atoms with Crippen LogP contribution in [0.15, 0.2) is 24.3 Å². The van der Waals surface area contributed by atoms with Crippen LogP contribution in [0, 0.1) is 5.92 Å². The second-order valence-electron chi connectivity index (χ2n) is 5.69. The van der Waals surface area contributed by atoms with Crippen LogP contribution in [0.1, 0.15) is 30.9 Å². The van der Waals surface area contributed by atoms with E-state index in [9.17, 15) is 0 Å². The minimum Gasteiger partial charge on any atom is -0.497 e. The van der Waals surface area contributed by atoms with Gasteiger partial charge in [0, 0.05) is 32.2 Å². The number of rotatable bonds is 4.